The molecule has 0 aromatic heterocycles. The van der Waals surface area contributed by atoms with Gasteiger partial charge in [0.15, 0.2) is 0 Å². The number of fused-ring (bicyclic) bond motifs is 1. The van der Waals surface area contributed by atoms with Gasteiger partial charge < -0.3 is 19.9 Å². The lowest BCUT2D eigenvalue weighted by molar-refractivity contribution is -0.136. The van der Waals surface area contributed by atoms with Crippen LogP contribution in [-0.2, 0) is 37.4 Å². The van der Waals surface area contributed by atoms with Crippen LogP contribution in [0.3, 0.4) is 0 Å². The van der Waals surface area contributed by atoms with Crippen LogP contribution in [0.4, 0.5) is 10.5 Å². The molecule has 274 valence electrons. The Morgan fingerprint density at radius 3 is 2.39 bits per heavy atom. The number of amides is 4. The van der Waals surface area contributed by atoms with Crippen LogP contribution in [0.5, 0.6) is 0 Å². The zero-order chi connectivity index (χ0) is 36.1. The van der Waals surface area contributed by atoms with Crippen molar-refractivity contribution >= 4 is 39.5 Å². The number of hydrogen-bond acceptors (Lipinski definition) is 9. The second-order valence-electron chi connectivity index (χ2n) is 15.8. The molecule has 1 atom stereocenters. The molecule has 0 radical (unpaired) electrons. The molecular weight excluding hydrogens is 673 g/mol. The fourth-order valence-corrected chi connectivity index (χ4v) is 9.79. The molecule has 1 spiro atoms. The number of nitrogens with zero attached hydrogens (tertiary/aromatic N) is 4. The van der Waals surface area contributed by atoms with E-state index in [4.69, 9.17) is 4.74 Å². The van der Waals surface area contributed by atoms with E-state index in [1.165, 1.54) is 4.31 Å². The number of sulfonamides is 1. The van der Waals surface area contributed by atoms with Crippen molar-refractivity contribution in [1.82, 2.24) is 24.7 Å². The second kappa shape index (κ2) is 13.5. The predicted octanol–water partition coefficient (Wildman–Crippen LogP) is 3.23. The van der Waals surface area contributed by atoms with E-state index in [2.05, 4.69) is 26.5 Å². The minimum absolute atomic E-state index is 0.125. The quantitative estimate of drug-likeness (QED) is 0.412. The molecule has 0 aliphatic carbocycles. The molecule has 4 amide bonds. The van der Waals surface area contributed by atoms with Crippen molar-refractivity contribution in [3.63, 3.8) is 0 Å². The number of carbonyl (C=O) groups excluding carboxylic acids is 4. The molecule has 51 heavy (non-hydrogen) atoms. The van der Waals surface area contributed by atoms with E-state index in [-0.39, 0.29) is 29.7 Å². The van der Waals surface area contributed by atoms with Crippen LogP contribution in [0.25, 0.3) is 0 Å². The third kappa shape index (κ3) is 7.49. The topological polar surface area (TPSA) is 149 Å². The largest absolute Gasteiger partial charge is 0.444 e. The maximum atomic E-state index is 13.6. The first-order valence-corrected chi connectivity index (χ1v) is 19.5. The number of anilines is 1. The smallest absolute Gasteiger partial charge is 0.407 e. The zero-order valence-corrected chi connectivity index (χ0v) is 30.5. The summed E-state index contributed by atoms with van der Waals surface area (Å²) in [6.45, 7) is 10.9. The Balaban J connectivity index is 0.887. The molecule has 2 aromatic carbocycles. The molecule has 0 bridgehead atoms. The van der Waals surface area contributed by atoms with Crippen molar-refractivity contribution in [1.29, 1.82) is 0 Å². The van der Waals surface area contributed by atoms with Gasteiger partial charge in [-0.2, -0.15) is 4.31 Å². The summed E-state index contributed by atoms with van der Waals surface area (Å²) in [6, 6.07) is 12.5. The van der Waals surface area contributed by atoms with Crippen molar-refractivity contribution in [2.45, 2.75) is 95.0 Å². The number of benzene rings is 2. The van der Waals surface area contributed by atoms with Gasteiger partial charge in [0.05, 0.1) is 4.90 Å². The Hall–Kier alpha value is -4.01. The molecule has 2 aromatic rings. The van der Waals surface area contributed by atoms with Crippen molar-refractivity contribution in [3.05, 3.63) is 59.2 Å². The highest BCUT2D eigenvalue weighted by atomic mass is 32.2. The lowest BCUT2D eigenvalue weighted by Gasteiger charge is -2.54. The first kappa shape index (κ1) is 35.4. The van der Waals surface area contributed by atoms with Gasteiger partial charge in [-0.25, -0.2) is 13.2 Å². The fraction of sp³-hybridized carbons (Fsp3) is 0.568. The Morgan fingerprint density at radius 1 is 0.980 bits per heavy atom. The third-order valence-electron chi connectivity index (χ3n) is 10.9. The monoisotopic (exact) mass is 720 g/mol. The fourth-order valence-electron chi connectivity index (χ4n) is 8.25. The summed E-state index contributed by atoms with van der Waals surface area (Å²) in [4.78, 5) is 56.0. The van der Waals surface area contributed by atoms with E-state index in [1.807, 2.05) is 45.0 Å². The Bertz CT molecular complexity index is 1820. The molecule has 1 unspecified atom stereocenters. The molecule has 0 saturated carbocycles. The zero-order valence-electron chi connectivity index (χ0n) is 29.7. The van der Waals surface area contributed by atoms with Crippen LogP contribution in [0.15, 0.2) is 47.4 Å². The normalized spacial score (nSPS) is 23.2. The van der Waals surface area contributed by atoms with Gasteiger partial charge in [-0.05, 0) is 99.7 Å². The van der Waals surface area contributed by atoms with Crippen LogP contribution < -0.4 is 15.5 Å². The average molecular weight is 721 g/mol. The number of ether oxygens (including phenoxy) is 1. The summed E-state index contributed by atoms with van der Waals surface area (Å²) in [7, 11) is -3.66. The lowest BCUT2D eigenvalue weighted by Crippen LogP contribution is -2.59. The van der Waals surface area contributed by atoms with Crippen LogP contribution >= 0.6 is 0 Å². The van der Waals surface area contributed by atoms with E-state index in [0.29, 0.717) is 55.9 Å². The molecule has 5 aliphatic rings. The van der Waals surface area contributed by atoms with Crippen LogP contribution in [-0.4, -0.2) is 103 Å². The highest BCUT2D eigenvalue weighted by Gasteiger charge is 2.45. The predicted molar refractivity (Wildman–Crippen MR) is 189 cm³/mol. The van der Waals surface area contributed by atoms with Gasteiger partial charge in [-0.15, -0.1) is 0 Å². The van der Waals surface area contributed by atoms with Crippen LogP contribution in [0.1, 0.15) is 80.8 Å². The van der Waals surface area contributed by atoms with Gasteiger partial charge >= 0.3 is 6.09 Å². The van der Waals surface area contributed by atoms with E-state index in [9.17, 15) is 27.6 Å². The molecular formula is C37H48N6O7S. The highest BCUT2D eigenvalue weighted by molar-refractivity contribution is 7.89. The molecule has 7 rings (SSSR count). The Kier molecular flexibility index (Phi) is 9.38. The number of hydrogen-bond donors (Lipinski definition) is 2. The minimum atomic E-state index is -3.66. The van der Waals surface area contributed by atoms with Gasteiger partial charge in [-0.3, -0.25) is 24.6 Å². The number of likely N-dealkylation sites (tertiary alicyclic amines) is 1. The molecule has 2 N–H and O–H groups in total. The molecule has 5 aliphatic heterocycles. The van der Waals surface area contributed by atoms with Crippen molar-refractivity contribution in [2.24, 2.45) is 5.41 Å². The Labute approximate surface area is 299 Å². The highest BCUT2D eigenvalue weighted by Crippen LogP contribution is 2.42. The van der Waals surface area contributed by atoms with Crippen molar-refractivity contribution in [3.8, 4) is 0 Å². The van der Waals surface area contributed by atoms with Crippen LogP contribution in [0, 0.1) is 5.41 Å². The molecule has 4 fully saturated rings. The molecule has 5 heterocycles. The van der Waals surface area contributed by atoms with E-state index in [1.54, 1.807) is 17.0 Å². The average Bonchev–Trinajstić information content (AvgIpc) is 3.39. The lowest BCUT2D eigenvalue weighted by atomic mass is 9.72. The van der Waals surface area contributed by atoms with E-state index in [0.717, 1.165) is 55.8 Å². The third-order valence-corrected chi connectivity index (χ3v) is 12.8. The maximum Gasteiger partial charge on any atom is 0.407 e. The van der Waals surface area contributed by atoms with Crippen molar-refractivity contribution < 1.29 is 32.3 Å². The number of imide groups is 1. The number of alkyl carbamates (subject to hydrolysis) is 1. The van der Waals surface area contributed by atoms with Crippen LogP contribution in [0.2, 0.25) is 0 Å². The molecule has 13 nitrogen and oxygen atoms in total. The van der Waals surface area contributed by atoms with Gasteiger partial charge in [0, 0.05) is 76.1 Å². The van der Waals surface area contributed by atoms with Crippen molar-refractivity contribution in [2.75, 3.05) is 44.2 Å². The minimum Gasteiger partial charge on any atom is -0.444 e. The number of piperidine rings is 3. The summed E-state index contributed by atoms with van der Waals surface area (Å²) in [5.74, 6) is -0.847. The summed E-state index contributed by atoms with van der Waals surface area (Å²) in [5.41, 5.74) is 3.26. The summed E-state index contributed by atoms with van der Waals surface area (Å²) >= 11 is 0. The number of rotatable bonds is 7. The Morgan fingerprint density at radius 2 is 1.71 bits per heavy atom. The summed E-state index contributed by atoms with van der Waals surface area (Å²) in [6.07, 6.45) is 3.27. The van der Waals surface area contributed by atoms with Gasteiger partial charge in [0.1, 0.15) is 11.6 Å². The SMILES string of the molecule is CC(C)(C)OC(=O)NC1CCN(S(=O)(=O)c2cccc(CN3CC4(CCN(c5ccc6c(c5)CN(C5CCC(=O)NC5=O)C6=O)CC4)C3)c2)CC1. The molecule has 14 heteroatoms. The van der Waals surface area contributed by atoms with E-state index < -0.39 is 33.7 Å². The van der Waals surface area contributed by atoms with Gasteiger partial charge in [0.25, 0.3) is 5.91 Å². The first-order chi connectivity index (χ1) is 24.2. The first-order valence-electron chi connectivity index (χ1n) is 18.0. The van der Waals surface area contributed by atoms with Gasteiger partial charge in [0.2, 0.25) is 21.8 Å². The summed E-state index contributed by atoms with van der Waals surface area (Å²) < 4.78 is 34.0. The second-order valence-corrected chi connectivity index (χ2v) is 17.8. The molecule has 4 saturated heterocycles. The maximum absolute atomic E-state index is 13.6. The van der Waals surface area contributed by atoms with E-state index >= 15 is 0 Å². The number of nitrogens with one attached hydrogen (secondary N) is 2. The number of carbonyl (C=O) groups is 4. The standard InChI is InChI=1S/C37H48N6O7S/c1-36(2,3)50-35(47)38-27-11-15-42(16-12-27)51(48,49)29-6-4-5-25(19-29)21-40-23-37(24-40)13-17-41(18-14-37)28-7-8-30-26(20-28)22-43(34(30)46)31-9-10-32(44)39-33(31)45/h4-8,19-20,27,31H,9-18,21-24H2,1-3H3,(H,38,47)(H,39,44,45). The van der Waals surface area contributed by atoms with Gasteiger partial charge in [-0.1, -0.05) is 12.1 Å². The summed E-state index contributed by atoms with van der Waals surface area (Å²) in [5, 5.41) is 5.23.